The lowest BCUT2D eigenvalue weighted by Gasteiger charge is -2.00. The fraction of sp³-hybridized carbons (Fsp3) is 0. The van der Waals surface area contributed by atoms with Crippen molar-refractivity contribution in [2.75, 3.05) is 0 Å². The third kappa shape index (κ3) is 3.73. The Hall–Kier alpha value is -2.06. The van der Waals surface area contributed by atoms with Gasteiger partial charge in [-0.25, -0.2) is 0 Å². The van der Waals surface area contributed by atoms with E-state index in [0.29, 0.717) is 5.56 Å². The molecule has 0 aliphatic carbocycles. The molecule has 0 spiro atoms. The average molecular weight is 369 g/mol. The van der Waals surface area contributed by atoms with Crippen molar-refractivity contribution < 1.29 is 13.3 Å². The maximum atomic E-state index is 12.1. The fourth-order valence-corrected chi connectivity index (χ4v) is 3.05. The third-order valence-electron chi connectivity index (χ3n) is 2.53. The lowest BCUT2D eigenvalue weighted by atomic mass is 10.2. The van der Waals surface area contributed by atoms with E-state index in [2.05, 4.69) is 20.3 Å². The highest BCUT2D eigenvalue weighted by molar-refractivity contribution is 9.10. The summed E-state index contributed by atoms with van der Waals surface area (Å²) in [5.41, 5.74) is 0.0652. The Labute approximate surface area is 129 Å². The molecule has 2 rings (SSSR count). The number of nitro groups is 1. The first kappa shape index (κ1) is 15.3. The molecule has 6 nitrogen and oxygen atoms in total. The summed E-state index contributed by atoms with van der Waals surface area (Å²) in [6.45, 7) is 0. The average Bonchev–Trinajstić information content (AvgIpc) is 2.45. The number of hydrogen-bond donors (Lipinski definition) is 0. The van der Waals surface area contributed by atoms with Crippen LogP contribution in [0, 0.1) is 10.1 Å². The van der Waals surface area contributed by atoms with Gasteiger partial charge in [0, 0.05) is 16.8 Å². The van der Waals surface area contributed by atoms with E-state index in [0.717, 1.165) is 22.8 Å². The molecule has 0 bridgehead atoms. The van der Waals surface area contributed by atoms with Gasteiger partial charge in [-0.2, -0.15) is 12.8 Å². The van der Waals surface area contributed by atoms with Gasteiger partial charge in [-0.3, -0.25) is 10.1 Å². The zero-order valence-corrected chi connectivity index (χ0v) is 12.9. The monoisotopic (exact) mass is 368 g/mol. The normalized spacial score (nSPS) is 11.7. The van der Waals surface area contributed by atoms with Crippen molar-refractivity contribution in [1.82, 2.24) is 0 Å². The second-order valence-electron chi connectivity index (χ2n) is 3.99. The number of benzene rings is 2. The lowest BCUT2D eigenvalue weighted by molar-refractivity contribution is -0.387. The number of para-hydroxylation sites is 1. The SMILES string of the molecule is O=[N+]([O-])c1ccccc1S(=O)(=O)/N=C/c1cccc(Br)c1. The van der Waals surface area contributed by atoms with Crippen LogP contribution in [-0.4, -0.2) is 19.6 Å². The van der Waals surface area contributed by atoms with Crippen molar-refractivity contribution in [2.24, 2.45) is 4.40 Å². The molecule has 0 amide bonds. The zero-order valence-electron chi connectivity index (χ0n) is 10.5. The van der Waals surface area contributed by atoms with Crippen molar-refractivity contribution in [3.63, 3.8) is 0 Å². The van der Waals surface area contributed by atoms with Gasteiger partial charge in [0.25, 0.3) is 15.7 Å². The molecule has 0 saturated heterocycles. The highest BCUT2D eigenvalue weighted by Gasteiger charge is 2.23. The van der Waals surface area contributed by atoms with E-state index in [1.807, 2.05) is 0 Å². The van der Waals surface area contributed by atoms with Crippen LogP contribution < -0.4 is 0 Å². The van der Waals surface area contributed by atoms with Gasteiger partial charge < -0.3 is 0 Å². The van der Waals surface area contributed by atoms with Crippen LogP contribution in [0.1, 0.15) is 5.56 Å². The van der Waals surface area contributed by atoms with Crippen LogP contribution in [0.5, 0.6) is 0 Å². The first-order chi connectivity index (χ1) is 9.90. The molecule has 0 unspecified atom stereocenters. The summed E-state index contributed by atoms with van der Waals surface area (Å²) in [4.78, 5) is 9.69. The van der Waals surface area contributed by atoms with Crippen LogP contribution in [0.4, 0.5) is 5.69 Å². The molecule has 0 N–H and O–H groups in total. The van der Waals surface area contributed by atoms with Crippen molar-refractivity contribution in [3.05, 3.63) is 68.7 Å². The van der Waals surface area contributed by atoms with E-state index in [1.165, 1.54) is 12.1 Å². The van der Waals surface area contributed by atoms with Crippen LogP contribution in [0.3, 0.4) is 0 Å². The molecule has 0 saturated carbocycles. The molecule has 0 aromatic heterocycles. The summed E-state index contributed by atoms with van der Waals surface area (Å²) >= 11 is 3.26. The third-order valence-corrected chi connectivity index (χ3v) is 4.31. The molecule has 2 aromatic rings. The number of nitro benzene ring substituents is 1. The van der Waals surface area contributed by atoms with E-state index in [4.69, 9.17) is 0 Å². The minimum absolute atomic E-state index is 0.429. The van der Waals surface area contributed by atoms with E-state index in [9.17, 15) is 18.5 Å². The zero-order chi connectivity index (χ0) is 15.5. The second kappa shape index (κ2) is 6.15. The summed E-state index contributed by atoms with van der Waals surface area (Å²) in [6, 6.07) is 12.0. The van der Waals surface area contributed by atoms with Crippen molar-refractivity contribution >= 4 is 37.9 Å². The van der Waals surface area contributed by atoms with Gasteiger partial charge in [0.2, 0.25) is 0 Å². The fourth-order valence-electron chi connectivity index (χ4n) is 1.60. The molecule has 108 valence electrons. The number of halogens is 1. The van der Waals surface area contributed by atoms with E-state index in [1.54, 1.807) is 24.3 Å². The number of sulfonamides is 1. The lowest BCUT2D eigenvalue weighted by Crippen LogP contribution is -2.02. The van der Waals surface area contributed by atoms with Crippen molar-refractivity contribution in [2.45, 2.75) is 4.90 Å². The van der Waals surface area contributed by atoms with Crippen LogP contribution in [0.25, 0.3) is 0 Å². The molecular formula is C13H9BrN2O4S. The summed E-state index contributed by atoms with van der Waals surface area (Å²) in [5, 5.41) is 10.9. The summed E-state index contributed by atoms with van der Waals surface area (Å²) in [5.74, 6) is 0. The van der Waals surface area contributed by atoms with Crippen LogP contribution in [-0.2, 0) is 10.0 Å². The maximum absolute atomic E-state index is 12.1. The summed E-state index contributed by atoms with van der Waals surface area (Å²) in [6.07, 6.45) is 1.15. The molecule has 0 atom stereocenters. The van der Waals surface area contributed by atoms with Gasteiger partial charge in [0.1, 0.15) is 0 Å². The molecule has 8 heteroatoms. The molecule has 0 aliphatic rings. The standard InChI is InChI=1S/C13H9BrN2O4S/c14-11-5-3-4-10(8-11)9-15-21(19,20)13-7-2-1-6-12(13)16(17)18/h1-9H/b15-9+. The highest BCUT2D eigenvalue weighted by Crippen LogP contribution is 2.24. The van der Waals surface area contributed by atoms with Crippen LogP contribution >= 0.6 is 15.9 Å². The summed E-state index contributed by atoms with van der Waals surface area (Å²) < 4.78 is 28.5. The molecule has 0 aliphatic heterocycles. The maximum Gasteiger partial charge on any atom is 0.289 e. The highest BCUT2D eigenvalue weighted by atomic mass is 79.9. The van der Waals surface area contributed by atoms with Crippen molar-refractivity contribution in [1.29, 1.82) is 0 Å². The Morgan fingerprint density at radius 3 is 2.52 bits per heavy atom. The van der Waals surface area contributed by atoms with Gasteiger partial charge in [-0.15, -0.1) is 0 Å². The smallest absolute Gasteiger partial charge is 0.258 e. The Morgan fingerprint density at radius 2 is 1.86 bits per heavy atom. The second-order valence-corrected chi connectivity index (χ2v) is 6.51. The van der Waals surface area contributed by atoms with Crippen molar-refractivity contribution in [3.8, 4) is 0 Å². The van der Waals surface area contributed by atoms with E-state index in [-0.39, 0.29) is 0 Å². The minimum Gasteiger partial charge on any atom is -0.258 e. The van der Waals surface area contributed by atoms with Gasteiger partial charge in [0.15, 0.2) is 4.90 Å². The van der Waals surface area contributed by atoms with Gasteiger partial charge >= 0.3 is 0 Å². The number of hydrogen-bond acceptors (Lipinski definition) is 4. The topological polar surface area (TPSA) is 89.6 Å². The number of nitrogens with zero attached hydrogens (tertiary/aromatic N) is 2. The molecule has 21 heavy (non-hydrogen) atoms. The Kier molecular flexibility index (Phi) is 4.49. The predicted molar refractivity (Wildman–Crippen MR) is 82.0 cm³/mol. The quantitative estimate of drug-likeness (QED) is 0.470. The summed E-state index contributed by atoms with van der Waals surface area (Å²) in [7, 11) is -4.13. The molecule has 0 radical (unpaired) electrons. The minimum atomic E-state index is -4.13. The largest absolute Gasteiger partial charge is 0.289 e. The van der Waals surface area contributed by atoms with E-state index < -0.39 is 25.5 Å². The molecule has 0 fully saturated rings. The van der Waals surface area contributed by atoms with Crippen LogP contribution in [0.2, 0.25) is 0 Å². The predicted octanol–water partition coefficient (Wildman–Crippen LogP) is 3.17. The Morgan fingerprint density at radius 1 is 1.14 bits per heavy atom. The van der Waals surface area contributed by atoms with Crippen LogP contribution in [0.15, 0.2) is 62.3 Å². The van der Waals surface area contributed by atoms with Gasteiger partial charge in [-0.05, 0) is 23.8 Å². The Balaban J connectivity index is 2.42. The van der Waals surface area contributed by atoms with E-state index >= 15 is 0 Å². The Bertz CT molecular complexity index is 818. The first-order valence-corrected chi connectivity index (χ1v) is 7.93. The molecule has 2 aromatic carbocycles. The van der Waals surface area contributed by atoms with Gasteiger partial charge in [0.05, 0.1) is 4.92 Å². The molecule has 0 heterocycles. The number of rotatable bonds is 4. The molecular weight excluding hydrogens is 360 g/mol. The first-order valence-electron chi connectivity index (χ1n) is 5.69. The van der Waals surface area contributed by atoms with Gasteiger partial charge in [-0.1, -0.05) is 40.2 Å².